The van der Waals surface area contributed by atoms with Crippen LogP contribution in [0.15, 0.2) is 58.5 Å². The van der Waals surface area contributed by atoms with Crippen molar-refractivity contribution in [1.82, 2.24) is 14.9 Å². The van der Waals surface area contributed by atoms with Gasteiger partial charge in [0.1, 0.15) is 5.75 Å². The van der Waals surface area contributed by atoms with Crippen LogP contribution in [0.25, 0.3) is 10.9 Å². The molecule has 3 aromatic rings. The first-order chi connectivity index (χ1) is 14.1. The average Bonchev–Trinajstić information content (AvgIpc) is 3.57. The molecule has 0 unspecified atom stereocenters. The fourth-order valence-corrected chi connectivity index (χ4v) is 4.15. The van der Waals surface area contributed by atoms with Gasteiger partial charge in [0.15, 0.2) is 5.16 Å². The highest BCUT2D eigenvalue weighted by Gasteiger charge is 2.30. The second kappa shape index (κ2) is 8.29. The molecule has 150 valence electrons. The van der Waals surface area contributed by atoms with Crippen molar-refractivity contribution in [1.29, 1.82) is 0 Å². The topological polar surface area (TPSA) is 73.2 Å². The second-order valence-corrected chi connectivity index (χ2v) is 8.45. The molecule has 29 heavy (non-hydrogen) atoms. The smallest absolute Gasteiger partial charge is 0.262 e. The van der Waals surface area contributed by atoms with E-state index in [2.05, 4.69) is 10.3 Å². The molecule has 4 rings (SSSR count). The van der Waals surface area contributed by atoms with Gasteiger partial charge in [0, 0.05) is 12.6 Å². The number of aromatic nitrogens is 2. The standard InChI is InChI=1S/C22H23N3O3S/c1-14(20(26)23-13-15-7-11-17(28-2)12-8-15)29-22-24-19-6-4-3-5-18(19)21(27)25(22)16-9-10-16/h3-8,11-12,14,16H,9-10,13H2,1-2H3,(H,23,26)/t14-/m0/s1. The van der Waals surface area contributed by atoms with Crippen molar-refractivity contribution in [3.63, 3.8) is 0 Å². The Balaban J connectivity index is 1.49. The summed E-state index contributed by atoms with van der Waals surface area (Å²) in [6.45, 7) is 2.28. The van der Waals surface area contributed by atoms with Crippen molar-refractivity contribution in [2.45, 2.75) is 42.8 Å². The summed E-state index contributed by atoms with van der Waals surface area (Å²) in [5.74, 6) is 0.694. The predicted octanol–water partition coefficient (Wildman–Crippen LogP) is 3.54. The summed E-state index contributed by atoms with van der Waals surface area (Å²) >= 11 is 1.34. The zero-order valence-corrected chi connectivity index (χ0v) is 17.2. The average molecular weight is 410 g/mol. The molecule has 6 nitrogen and oxygen atoms in total. The lowest BCUT2D eigenvalue weighted by Gasteiger charge is -2.16. The van der Waals surface area contributed by atoms with E-state index in [9.17, 15) is 9.59 Å². The molecular weight excluding hydrogens is 386 g/mol. The van der Waals surface area contributed by atoms with E-state index in [0.29, 0.717) is 22.6 Å². The first-order valence-corrected chi connectivity index (χ1v) is 10.5. The van der Waals surface area contributed by atoms with Crippen molar-refractivity contribution in [3.05, 3.63) is 64.4 Å². The molecule has 1 saturated carbocycles. The van der Waals surface area contributed by atoms with E-state index in [-0.39, 0.29) is 22.8 Å². The fourth-order valence-electron chi connectivity index (χ4n) is 3.15. The molecule has 7 heteroatoms. The molecule has 0 bridgehead atoms. The Morgan fingerprint density at radius 3 is 2.66 bits per heavy atom. The third kappa shape index (κ3) is 4.29. The maximum atomic E-state index is 12.9. The summed E-state index contributed by atoms with van der Waals surface area (Å²) in [7, 11) is 1.62. The quantitative estimate of drug-likeness (QED) is 0.477. The Kier molecular flexibility index (Phi) is 5.58. The third-order valence-electron chi connectivity index (χ3n) is 4.96. The van der Waals surface area contributed by atoms with E-state index >= 15 is 0 Å². The number of hydrogen-bond acceptors (Lipinski definition) is 5. The van der Waals surface area contributed by atoms with Crippen LogP contribution in [0, 0.1) is 0 Å². The molecule has 1 aliphatic rings. The molecule has 1 N–H and O–H groups in total. The van der Waals surface area contributed by atoms with Crippen LogP contribution in [0.5, 0.6) is 5.75 Å². The fraction of sp³-hybridized carbons (Fsp3) is 0.318. The lowest BCUT2D eigenvalue weighted by Crippen LogP contribution is -2.31. The summed E-state index contributed by atoms with van der Waals surface area (Å²) < 4.78 is 6.91. The number of hydrogen-bond donors (Lipinski definition) is 1. The van der Waals surface area contributed by atoms with Crippen LogP contribution in [0.2, 0.25) is 0 Å². The highest BCUT2D eigenvalue weighted by atomic mass is 32.2. The number of nitrogens with zero attached hydrogens (tertiary/aromatic N) is 2. The number of benzene rings is 2. The summed E-state index contributed by atoms with van der Waals surface area (Å²) in [6, 6.07) is 15.1. The molecule has 2 aromatic carbocycles. The number of methoxy groups -OCH3 is 1. The van der Waals surface area contributed by atoms with Gasteiger partial charge in [0.05, 0.1) is 23.3 Å². The van der Waals surface area contributed by atoms with Crippen molar-refractivity contribution in [2.75, 3.05) is 7.11 Å². The number of nitrogens with one attached hydrogen (secondary N) is 1. The van der Waals surface area contributed by atoms with Gasteiger partial charge in [0.25, 0.3) is 5.56 Å². The first-order valence-electron chi connectivity index (χ1n) is 9.65. The van der Waals surface area contributed by atoms with Crippen molar-refractivity contribution < 1.29 is 9.53 Å². The summed E-state index contributed by atoms with van der Waals surface area (Å²) in [5, 5.41) is 3.83. The van der Waals surface area contributed by atoms with E-state index < -0.39 is 0 Å². The Labute approximate surface area is 173 Å². The van der Waals surface area contributed by atoms with E-state index in [0.717, 1.165) is 24.2 Å². The molecule has 0 spiro atoms. The van der Waals surface area contributed by atoms with E-state index in [1.54, 1.807) is 11.7 Å². The molecule has 1 atom stereocenters. The van der Waals surface area contributed by atoms with Crippen molar-refractivity contribution in [2.24, 2.45) is 0 Å². The molecule has 1 amide bonds. The van der Waals surface area contributed by atoms with Gasteiger partial charge in [0.2, 0.25) is 5.91 Å². The highest BCUT2D eigenvalue weighted by Crippen LogP contribution is 2.37. The largest absolute Gasteiger partial charge is 0.497 e. The zero-order chi connectivity index (χ0) is 20.4. The highest BCUT2D eigenvalue weighted by molar-refractivity contribution is 8.00. The van der Waals surface area contributed by atoms with Crippen molar-refractivity contribution >= 4 is 28.6 Å². The van der Waals surface area contributed by atoms with Gasteiger partial charge in [-0.3, -0.25) is 14.2 Å². The number of carbonyl (C=O) groups is 1. The van der Waals surface area contributed by atoms with Crippen LogP contribution in [0.3, 0.4) is 0 Å². The predicted molar refractivity (Wildman–Crippen MR) is 114 cm³/mol. The maximum Gasteiger partial charge on any atom is 0.262 e. The van der Waals surface area contributed by atoms with Gasteiger partial charge in [-0.15, -0.1) is 0 Å². The monoisotopic (exact) mass is 409 g/mol. The van der Waals surface area contributed by atoms with Gasteiger partial charge in [-0.25, -0.2) is 4.98 Å². The normalized spacial score (nSPS) is 14.6. The minimum atomic E-state index is -0.369. The number of para-hydroxylation sites is 1. The lowest BCUT2D eigenvalue weighted by molar-refractivity contribution is -0.120. The van der Waals surface area contributed by atoms with Gasteiger partial charge in [-0.2, -0.15) is 0 Å². The summed E-state index contributed by atoms with van der Waals surface area (Å²) in [4.78, 5) is 30.3. The molecule has 1 fully saturated rings. The molecule has 0 radical (unpaired) electrons. The number of thioether (sulfide) groups is 1. The minimum absolute atomic E-state index is 0.0218. The van der Waals surface area contributed by atoms with Gasteiger partial charge in [-0.05, 0) is 49.6 Å². The molecule has 0 saturated heterocycles. The Bertz CT molecular complexity index is 1090. The van der Waals surface area contributed by atoms with Gasteiger partial charge >= 0.3 is 0 Å². The zero-order valence-electron chi connectivity index (χ0n) is 16.4. The second-order valence-electron chi connectivity index (χ2n) is 7.14. The summed E-state index contributed by atoms with van der Waals surface area (Å²) in [5.41, 5.74) is 1.64. The third-order valence-corrected chi connectivity index (χ3v) is 6.03. The SMILES string of the molecule is COc1ccc(CNC(=O)[C@H](C)Sc2nc3ccccc3c(=O)n2C2CC2)cc1. The van der Waals surface area contributed by atoms with E-state index in [1.807, 2.05) is 55.5 Å². The van der Waals surface area contributed by atoms with Crippen LogP contribution in [0.4, 0.5) is 0 Å². The molecular formula is C22H23N3O3S. The minimum Gasteiger partial charge on any atom is -0.497 e. The van der Waals surface area contributed by atoms with E-state index in [4.69, 9.17) is 4.74 Å². The van der Waals surface area contributed by atoms with E-state index in [1.165, 1.54) is 11.8 Å². The van der Waals surface area contributed by atoms with Crippen LogP contribution in [0.1, 0.15) is 31.4 Å². The number of fused-ring (bicyclic) bond motifs is 1. The summed E-state index contributed by atoms with van der Waals surface area (Å²) in [6.07, 6.45) is 1.96. The number of carbonyl (C=O) groups excluding carboxylic acids is 1. The number of ether oxygens (including phenoxy) is 1. The molecule has 1 aromatic heterocycles. The first kappa shape index (κ1) is 19.5. The molecule has 1 aliphatic carbocycles. The maximum absolute atomic E-state index is 12.9. The van der Waals surface area contributed by atoms with Gasteiger partial charge in [-0.1, -0.05) is 36.0 Å². The molecule has 0 aliphatic heterocycles. The van der Waals surface area contributed by atoms with Crippen LogP contribution < -0.4 is 15.6 Å². The Morgan fingerprint density at radius 2 is 1.97 bits per heavy atom. The van der Waals surface area contributed by atoms with Crippen molar-refractivity contribution in [3.8, 4) is 5.75 Å². The Hall–Kier alpha value is -2.80. The number of amides is 1. The van der Waals surface area contributed by atoms with Gasteiger partial charge < -0.3 is 10.1 Å². The lowest BCUT2D eigenvalue weighted by atomic mass is 10.2. The number of rotatable bonds is 7. The Morgan fingerprint density at radius 1 is 1.24 bits per heavy atom. The molecule has 1 heterocycles. The van der Waals surface area contributed by atoms with Crippen LogP contribution in [-0.2, 0) is 11.3 Å². The van der Waals surface area contributed by atoms with Crippen LogP contribution >= 0.6 is 11.8 Å². The van der Waals surface area contributed by atoms with Crippen LogP contribution in [-0.4, -0.2) is 27.8 Å².